The van der Waals surface area contributed by atoms with Crippen LogP contribution in [0.3, 0.4) is 0 Å². The third-order valence-corrected chi connectivity index (χ3v) is 5.40. The molecule has 1 unspecified atom stereocenters. The van der Waals surface area contributed by atoms with E-state index in [1.54, 1.807) is 0 Å². The number of nitrogens with zero attached hydrogens (tertiary/aromatic N) is 3. The Morgan fingerprint density at radius 1 is 1.21 bits per heavy atom. The lowest BCUT2D eigenvalue weighted by Crippen LogP contribution is -2.47. The number of halogens is 3. The van der Waals surface area contributed by atoms with Gasteiger partial charge >= 0.3 is 6.18 Å². The standard InChI is InChI=1S/C17H14F3N3O5S/c1-29(27,28)14-7-5-12(6-8-14)22-10-16(24,17(18,19)20)21-15(22)11-3-2-4-13(9-11)23(25)26/h2-9,24H,10H2,1H3. The SMILES string of the molecule is CS(=O)(=O)c1ccc(N2CC(O)(C(F)(F)F)N=C2c2cccc([N+](=O)[O-])c2)cc1. The van der Waals surface area contributed by atoms with E-state index >= 15 is 0 Å². The maximum Gasteiger partial charge on any atom is 0.440 e. The Kier molecular flexibility index (Phi) is 4.87. The molecule has 1 N–H and O–H groups in total. The van der Waals surface area contributed by atoms with Gasteiger partial charge in [-0.1, -0.05) is 12.1 Å². The number of hydrogen-bond donors (Lipinski definition) is 1. The van der Waals surface area contributed by atoms with E-state index < -0.39 is 33.2 Å². The summed E-state index contributed by atoms with van der Waals surface area (Å²) in [4.78, 5) is 14.7. The molecule has 0 spiro atoms. The summed E-state index contributed by atoms with van der Waals surface area (Å²) in [6.45, 7) is -0.993. The second-order valence-corrected chi connectivity index (χ2v) is 8.43. The van der Waals surface area contributed by atoms with Gasteiger partial charge in [0.1, 0.15) is 5.84 Å². The second-order valence-electron chi connectivity index (χ2n) is 6.41. The third-order valence-electron chi connectivity index (χ3n) is 4.27. The number of anilines is 1. The number of hydrogen-bond acceptors (Lipinski definition) is 7. The second kappa shape index (κ2) is 6.81. The van der Waals surface area contributed by atoms with Gasteiger partial charge in [0.25, 0.3) is 11.4 Å². The van der Waals surface area contributed by atoms with Gasteiger partial charge in [-0.2, -0.15) is 13.2 Å². The highest BCUT2D eigenvalue weighted by molar-refractivity contribution is 7.90. The number of amidine groups is 1. The molecule has 0 fully saturated rings. The first-order chi connectivity index (χ1) is 13.3. The van der Waals surface area contributed by atoms with Crippen LogP contribution in [0.2, 0.25) is 0 Å². The minimum absolute atomic E-state index is 0.00781. The summed E-state index contributed by atoms with van der Waals surface area (Å²) in [6.07, 6.45) is -4.11. The molecule has 1 aliphatic rings. The molecular formula is C17H14F3N3O5S. The number of aliphatic imine (C=N–C) groups is 1. The summed E-state index contributed by atoms with van der Waals surface area (Å²) in [6, 6.07) is 9.77. The summed E-state index contributed by atoms with van der Waals surface area (Å²) in [5.74, 6) is -0.333. The molecule has 2 aromatic carbocycles. The zero-order valence-electron chi connectivity index (χ0n) is 14.8. The average molecular weight is 429 g/mol. The molecule has 0 aromatic heterocycles. The van der Waals surface area contributed by atoms with Crippen molar-refractivity contribution >= 4 is 27.0 Å². The maximum atomic E-state index is 13.4. The van der Waals surface area contributed by atoms with Gasteiger partial charge in [0.05, 0.1) is 16.4 Å². The van der Waals surface area contributed by atoms with E-state index in [-0.39, 0.29) is 27.7 Å². The molecule has 3 rings (SSSR count). The number of sulfone groups is 1. The van der Waals surface area contributed by atoms with Crippen molar-refractivity contribution in [2.45, 2.75) is 16.8 Å². The highest BCUT2D eigenvalue weighted by atomic mass is 32.2. The molecule has 0 bridgehead atoms. The van der Waals surface area contributed by atoms with Gasteiger partial charge in [-0.3, -0.25) is 10.1 Å². The summed E-state index contributed by atoms with van der Waals surface area (Å²) in [7, 11) is -3.52. The molecule has 0 saturated heterocycles. The quantitative estimate of drug-likeness (QED) is 0.590. The number of alkyl halides is 3. The Labute approximate surface area is 163 Å². The van der Waals surface area contributed by atoms with E-state index in [0.717, 1.165) is 17.2 Å². The van der Waals surface area contributed by atoms with Crippen LogP contribution < -0.4 is 4.90 Å². The number of β-amino-alcohol motifs (C(OH)–C–C–N with tert-alkyl or cyclic N) is 1. The van der Waals surface area contributed by atoms with E-state index in [1.165, 1.54) is 42.5 Å². The fourth-order valence-corrected chi connectivity index (χ4v) is 3.42. The smallest absolute Gasteiger partial charge is 0.361 e. The minimum Gasteiger partial charge on any atom is -0.361 e. The topological polar surface area (TPSA) is 113 Å². The molecule has 0 aliphatic carbocycles. The first-order valence-electron chi connectivity index (χ1n) is 8.03. The Morgan fingerprint density at radius 3 is 2.34 bits per heavy atom. The average Bonchev–Trinajstić information content (AvgIpc) is 3.00. The van der Waals surface area contributed by atoms with Crippen LogP contribution >= 0.6 is 0 Å². The van der Waals surface area contributed by atoms with Crippen LogP contribution in [0.1, 0.15) is 5.56 Å². The van der Waals surface area contributed by atoms with Gasteiger partial charge in [0, 0.05) is 29.6 Å². The lowest BCUT2D eigenvalue weighted by Gasteiger charge is -2.25. The van der Waals surface area contributed by atoms with Crippen molar-refractivity contribution in [3.63, 3.8) is 0 Å². The molecule has 12 heteroatoms. The predicted molar refractivity (Wildman–Crippen MR) is 97.5 cm³/mol. The number of rotatable bonds is 4. The fraction of sp³-hybridized carbons (Fsp3) is 0.235. The summed E-state index contributed by atoms with van der Waals surface area (Å²) in [5.41, 5.74) is -3.67. The van der Waals surface area contributed by atoms with Crippen molar-refractivity contribution in [2.75, 3.05) is 17.7 Å². The predicted octanol–water partition coefficient (Wildman–Crippen LogP) is 2.52. The van der Waals surface area contributed by atoms with Gasteiger partial charge in [-0.05, 0) is 24.3 Å². The van der Waals surface area contributed by atoms with Crippen LogP contribution in [0.15, 0.2) is 58.4 Å². The Hall–Kier alpha value is -2.99. The molecule has 2 aromatic rings. The van der Waals surface area contributed by atoms with Crippen molar-refractivity contribution in [3.8, 4) is 0 Å². The summed E-state index contributed by atoms with van der Waals surface area (Å²) >= 11 is 0. The van der Waals surface area contributed by atoms with Crippen LogP contribution in [-0.4, -0.2) is 49.0 Å². The lowest BCUT2D eigenvalue weighted by molar-refractivity contribution is -0.384. The normalized spacial score (nSPS) is 19.9. The maximum absolute atomic E-state index is 13.4. The molecule has 29 heavy (non-hydrogen) atoms. The number of benzene rings is 2. The lowest BCUT2D eigenvalue weighted by atomic mass is 10.1. The van der Waals surface area contributed by atoms with Crippen molar-refractivity contribution in [2.24, 2.45) is 4.99 Å². The van der Waals surface area contributed by atoms with Gasteiger partial charge < -0.3 is 10.0 Å². The summed E-state index contributed by atoms with van der Waals surface area (Å²) in [5, 5.41) is 21.1. The van der Waals surface area contributed by atoms with Crippen LogP contribution in [0.4, 0.5) is 24.5 Å². The molecule has 1 heterocycles. The molecule has 0 saturated carbocycles. The molecular weight excluding hydrogens is 415 g/mol. The molecule has 1 atom stereocenters. The van der Waals surface area contributed by atoms with Crippen molar-refractivity contribution in [1.29, 1.82) is 0 Å². The zero-order chi connectivity index (χ0) is 21.6. The molecule has 154 valence electrons. The Bertz CT molecular complexity index is 1100. The van der Waals surface area contributed by atoms with Gasteiger partial charge in [0.15, 0.2) is 9.84 Å². The van der Waals surface area contributed by atoms with E-state index in [4.69, 9.17) is 0 Å². The van der Waals surface area contributed by atoms with Crippen LogP contribution in [0.25, 0.3) is 0 Å². The van der Waals surface area contributed by atoms with Gasteiger partial charge in [-0.15, -0.1) is 0 Å². The minimum atomic E-state index is -5.10. The third kappa shape index (κ3) is 3.93. The van der Waals surface area contributed by atoms with Crippen molar-refractivity contribution < 1.29 is 31.6 Å². The highest BCUT2D eigenvalue weighted by Crippen LogP contribution is 2.39. The number of non-ortho nitro benzene ring substituents is 1. The number of aliphatic hydroxyl groups is 1. The first kappa shape index (κ1) is 20.7. The molecule has 0 radical (unpaired) electrons. The fourth-order valence-electron chi connectivity index (χ4n) is 2.79. The van der Waals surface area contributed by atoms with Crippen molar-refractivity contribution in [3.05, 3.63) is 64.2 Å². The number of nitro benzene ring substituents is 1. The monoisotopic (exact) mass is 429 g/mol. The van der Waals surface area contributed by atoms with Gasteiger partial charge in [-0.25, -0.2) is 13.4 Å². The molecule has 1 aliphatic heterocycles. The van der Waals surface area contributed by atoms with E-state index in [1.807, 2.05) is 0 Å². The zero-order valence-corrected chi connectivity index (χ0v) is 15.6. The Morgan fingerprint density at radius 2 is 1.83 bits per heavy atom. The highest BCUT2D eigenvalue weighted by Gasteiger charge is 2.59. The van der Waals surface area contributed by atoms with E-state index in [2.05, 4.69) is 4.99 Å². The Balaban J connectivity index is 2.11. The number of nitro groups is 1. The van der Waals surface area contributed by atoms with Crippen LogP contribution in [0, 0.1) is 10.1 Å². The van der Waals surface area contributed by atoms with E-state index in [0.29, 0.717) is 0 Å². The largest absolute Gasteiger partial charge is 0.440 e. The summed E-state index contributed by atoms with van der Waals surface area (Å²) < 4.78 is 63.3. The van der Waals surface area contributed by atoms with Crippen LogP contribution in [0.5, 0.6) is 0 Å². The van der Waals surface area contributed by atoms with E-state index in [9.17, 15) is 36.8 Å². The van der Waals surface area contributed by atoms with Gasteiger partial charge in [0.2, 0.25) is 0 Å². The van der Waals surface area contributed by atoms with Crippen LogP contribution in [-0.2, 0) is 9.84 Å². The first-order valence-corrected chi connectivity index (χ1v) is 9.92. The molecule has 0 amide bonds. The molecule has 8 nitrogen and oxygen atoms in total. The van der Waals surface area contributed by atoms with Crippen molar-refractivity contribution in [1.82, 2.24) is 0 Å².